The van der Waals surface area contributed by atoms with Gasteiger partial charge < -0.3 is 4.42 Å². The smallest absolute Gasteiger partial charge is 0.143 e. The highest BCUT2D eigenvalue weighted by Crippen LogP contribution is 2.44. The van der Waals surface area contributed by atoms with Crippen molar-refractivity contribution in [2.24, 2.45) is 0 Å². The van der Waals surface area contributed by atoms with Gasteiger partial charge in [0, 0.05) is 27.6 Å². The van der Waals surface area contributed by atoms with Gasteiger partial charge in [0.15, 0.2) is 0 Å². The number of para-hydroxylation sites is 1. The molecule has 0 aliphatic heterocycles. The lowest BCUT2D eigenvalue weighted by Crippen LogP contribution is -2.04. The molecular weight excluding hydrogens is 605 g/mol. The summed E-state index contributed by atoms with van der Waals surface area (Å²) >= 11 is 0. The first kappa shape index (κ1) is 28.6. The minimum absolute atomic E-state index is 0.0418. The Morgan fingerprint density at radius 3 is 1.70 bits per heavy atom. The number of benzene rings is 9. The van der Waals surface area contributed by atoms with Gasteiger partial charge in [-0.1, -0.05) is 182 Å². The topological polar surface area (TPSA) is 13.1 Å². The summed E-state index contributed by atoms with van der Waals surface area (Å²) < 4.78 is 7.05. The second kappa shape index (κ2) is 11.6. The zero-order chi connectivity index (χ0) is 33.0. The Balaban J connectivity index is 1.22. The number of furan rings is 1. The lowest BCUT2D eigenvalue weighted by atomic mass is 9.82. The molecule has 1 nitrogen and oxygen atoms in total. The van der Waals surface area contributed by atoms with Gasteiger partial charge in [0.1, 0.15) is 11.2 Å². The Morgan fingerprint density at radius 2 is 0.900 bits per heavy atom. The van der Waals surface area contributed by atoms with E-state index in [0.29, 0.717) is 0 Å². The van der Waals surface area contributed by atoms with Crippen molar-refractivity contribution in [3.05, 3.63) is 205 Å². The van der Waals surface area contributed by atoms with E-state index in [2.05, 4.69) is 188 Å². The van der Waals surface area contributed by atoms with E-state index in [1.807, 2.05) is 0 Å². The van der Waals surface area contributed by atoms with Crippen LogP contribution in [0.5, 0.6) is 0 Å². The van der Waals surface area contributed by atoms with Crippen LogP contribution in [0, 0.1) is 0 Å². The van der Waals surface area contributed by atoms with Crippen molar-refractivity contribution in [2.45, 2.75) is 5.92 Å². The van der Waals surface area contributed by atoms with Crippen LogP contribution >= 0.6 is 0 Å². The second-order valence-electron chi connectivity index (χ2n) is 13.2. The number of fused-ring (bicyclic) bond motifs is 8. The Hall–Kier alpha value is -6.44. The summed E-state index contributed by atoms with van der Waals surface area (Å²) in [5.41, 5.74) is 10.4. The van der Waals surface area contributed by atoms with Crippen molar-refractivity contribution in [1.82, 2.24) is 0 Å². The third-order valence-electron chi connectivity index (χ3n) is 10.4. The van der Waals surface area contributed by atoms with Crippen molar-refractivity contribution < 1.29 is 4.42 Å². The fourth-order valence-corrected chi connectivity index (χ4v) is 7.99. The van der Waals surface area contributed by atoms with Crippen molar-refractivity contribution in [3.63, 3.8) is 0 Å². The summed E-state index contributed by atoms with van der Waals surface area (Å²) in [6, 6.07) is 68.2. The average Bonchev–Trinajstić information content (AvgIpc) is 3.58. The summed E-state index contributed by atoms with van der Waals surface area (Å²) in [5.74, 6) is -0.0418. The second-order valence-corrected chi connectivity index (χ2v) is 13.2. The summed E-state index contributed by atoms with van der Waals surface area (Å²) in [7, 11) is 0. The summed E-state index contributed by atoms with van der Waals surface area (Å²) in [6.45, 7) is 0. The molecule has 0 spiro atoms. The molecule has 10 aromatic rings. The van der Waals surface area contributed by atoms with Crippen LogP contribution in [0.1, 0.15) is 22.6 Å². The molecule has 1 aromatic heterocycles. The fraction of sp³-hybridized carbons (Fsp3) is 0.0204. The zero-order valence-corrected chi connectivity index (χ0v) is 27.4. The lowest BCUT2D eigenvalue weighted by molar-refractivity contribution is 0.664. The maximum absolute atomic E-state index is 7.05. The predicted molar refractivity (Wildman–Crippen MR) is 211 cm³/mol. The molecule has 0 aliphatic rings. The molecule has 0 aliphatic carbocycles. The van der Waals surface area contributed by atoms with Gasteiger partial charge in [0.25, 0.3) is 0 Å². The molecule has 50 heavy (non-hydrogen) atoms. The van der Waals surface area contributed by atoms with Crippen LogP contribution in [0.2, 0.25) is 0 Å². The van der Waals surface area contributed by atoms with Gasteiger partial charge in [-0.2, -0.15) is 0 Å². The third kappa shape index (κ3) is 4.63. The molecular formula is C49H32O. The molecule has 1 heteroatoms. The number of hydrogen-bond acceptors (Lipinski definition) is 1. The molecule has 0 saturated carbocycles. The highest BCUT2D eigenvalue weighted by molar-refractivity contribution is 6.19. The van der Waals surface area contributed by atoms with Gasteiger partial charge in [-0.3, -0.25) is 0 Å². The van der Waals surface area contributed by atoms with Gasteiger partial charge in [0.2, 0.25) is 0 Å². The van der Waals surface area contributed by atoms with E-state index in [1.165, 1.54) is 60.3 Å². The third-order valence-corrected chi connectivity index (χ3v) is 10.4. The molecule has 0 N–H and O–H groups in total. The van der Waals surface area contributed by atoms with Crippen LogP contribution in [0.3, 0.4) is 0 Å². The van der Waals surface area contributed by atoms with Gasteiger partial charge in [-0.05, 0) is 66.4 Å². The van der Waals surface area contributed by atoms with Gasteiger partial charge >= 0.3 is 0 Å². The van der Waals surface area contributed by atoms with E-state index in [9.17, 15) is 0 Å². The predicted octanol–water partition coefficient (Wildman–Crippen LogP) is 13.6. The molecule has 9 aromatic carbocycles. The monoisotopic (exact) mass is 636 g/mol. The minimum Gasteiger partial charge on any atom is -0.455 e. The molecule has 1 heterocycles. The van der Waals surface area contributed by atoms with Crippen molar-refractivity contribution >= 4 is 54.3 Å². The standard InChI is InChI=1S/C49H32O/c1-3-12-32(13-4-1)33-22-25-36(26-23-33)47(38-28-29-40-37(30-38)27-24-35-16-7-8-17-39(35)40)44-21-11-20-43-46-31-45(34-14-5-2-6-15-34)41-18-9-10-19-42(41)49(46)50-48(43)44/h1-31,47H. The molecule has 0 radical (unpaired) electrons. The Morgan fingerprint density at radius 1 is 0.320 bits per heavy atom. The van der Waals surface area contributed by atoms with E-state index in [-0.39, 0.29) is 5.92 Å². The number of rotatable bonds is 5. The summed E-state index contributed by atoms with van der Waals surface area (Å²) in [5, 5.41) is 9.65. The maximum atomic E-state index is 7.05. The van der Waals surface area contributed by atoms with E-state index >= 15 is 0 Å². The van der Waals surface area contributed by atoms with E-state index < -0.39 is 0 Å². The van der Waals surface area contributed by atoms with Gasteiger partial charge in [-0.25, -0.2) is 0 Å². The first-order valence-electron chi connectivity index (χ1n) is 17.3. The molecule has 1 unspecified atom stereocenters. The first-order chi connectivity index (χ1) is 24.8. The van der Waals surface area contributed by atoms with Crippen LogP contribution < -0.4 is 0 Å². The van der Waals surface area contributed by atoms with Crippen LogP contribution in [-0.4, -0.2) is 0 Å². The van der Waals surface area contributed by atoms with Gasteiger partial charge in [-0.15, -0.1) is 0 Å². The highest BCUT2D eigenvalue weighted by atomic mass is 16.3. The quantitative estimate of drug-likeness (QED) is 0.135. The Labute approximate surface area is 290 Å². The van der Waals surface area contributed by atoms with Crippen LogP contribution in [0.15, 0.2) is 192 Å². The average molecular weight is 637 g/mol. The molecule has 0 bridgehead atoms. The fourth-order valence-electron chi connectivity index (χ4n) is 7.99. The molecule has 234 valence electrons. The molecule has 1 atom stereocenters. The van der Waals surface area contributed by atoms with Crippen LogP contribution in [-0.2, 0) is 0 Å². The lowest BCUT2D eigenvalue weighted by Gasteiger charge is -2.20. The summed E-state index contributed by atoms with van der Waals surface area (Å²) in [4.78, 5) is 0. The molecule has 0 fully saturated rings. The van der Waals surface area contributed by atoms with Crippen LogP contribution in [0.4, 0.5) is 0 Å². The molecule has 0 saturated heterocycles. The zero-order valence-electron chi connectivity index (χ0n) is 27.4. The molecule has 10 rings (SSSR count). The van der Waals surface area contributed by atoms with Crippen molar-refractivity contribution in [2.75, 3.05) is 0 Å². The highest BCUT2D eigenvalue weighted by Gasteiger charge is 2.24. The van der Waals surface area contributed by atoms with E-state index in [1.54, 1.807) is 0 Å². The molecule has 0 amide bonds. The SMILES string of the molecule is c1ccc(-c2ccc(C(c3ccc4c(ccc5ccccc54)c3)c3cccc4c3oc3c5ccccc5c(-c5ccccc5)cc43)cc2)cc1. The first-order valence-corrected chi connectivity index (χ1v) is 17.3. The van der Waals surface area contributed by atoms with E-state index in [4.69, 9.17) is 4.42 Å². The Bertz CT molecular complexity index is 2840. The number of hydrogen-bond donors (Lipinski definition) is 0. The maximum Gasteiger partial charge on any atom is 0.143 e. The largest absolute Gasteiger partial charge is 0.455 e. The Kier molecular flexibility index (Phi) is 6.63. The van der Waals surface area contributed by atoms with E-state index in [0.717, 1.165) is 32.9 Å². The van der Waals surface area contributed by atoms with Crippen molar-refractivity contribution in [3.8, 4) is 22.3 Å². The van der Waals surface area contributed by atoms with Crippen LogP contribution in [0.25, 0.3) is 76.5 Å². The van der Waals surface area contributed by atoms with Crippen molar-refractivity contribution in [1.29, 1.82) is 0 Å². The summed E-state index contributed by atoms with van der Waals surface area (Å²) in [6.07, 6.45) is 0. The van der Waals surface area contributed by atoms with Gasteiger partial charge in [0.05, 0.1) is 0 Å². The normalized spacial score (nSPS) is 12.3. The minimum atomic E-state index is -0.0418.